The third-order valence-corrected chi connectivity index (χ3v) is 9.64. The summed E-state index contributed by atoms with van der Waals surface area (Å²) in [5.41, 5.74) is 4.06. The molecular weight excluding hydrogens is 522 g/mol. The van der Waals surface area contributed by atoms with Gasteiger partial charge in [-0.25, -0.2) is 0 Å². The average Bonchev–Trinajstić information content (AvgIpc) is 3.50. The van der Waals surface area contributed by atoms with Crippen LogP contribution in [0.15, 0.2) is 91.0 Å². The van der Waals surface area contributed by atoms with Crippen LogP contribution in [0.4, 0.5) is 5.69 Å². The fourth-order valence-corrected chi connectivity index (χ4v) is 7.61. The Morgan fingerprint density at radius 1 is 0.857 bits per heavy atom. The molecular formula is C36H37N3O3. The summed E-state index contributed by atoms with van der Waals surface area (Å²) in [5, 5.41) is 9.56. The molecule has 1 aliphatic carbocycles. The summed E-state index contributed by atoms with van der Waals surface area (Å²) in [7, 11) is 1.69. The van der Waals surface area contributed by atoms with Gasteiger partial charge >= 0.3 is 0 Å². The first-order chi connectivity index (χ1) is 20.6. The molecule has 5 atom stereocenters. The van der Waals surface area contributed by atoms with E-state index in [1.54, 1.807) is 7.11 Å². The number of hydrogen-bond acceptors (Lipinski definition) is 4. The maximum Gasteiger partial charge on any atom is 0.251 e. The van der Waals surface area contributed by atoms with E-state index < -0.39 is 0 Å². The monoisotopic (exact) mass is 559 g/mol. The molecule has 0 aromatic heterocycles. The Kier molecular flexibility index (Phi) is 7.06. The number of likely N-dealkylation sites (tertiary alicyclic amines) is 1. The molecule has 0 unspecified atom stereocenters. The molecule has 3 aliphatic rings. The molecule has 2 amide bonds. The van der Waals surface area contributed by atoms with E-state index in [-0.39, 0.29) is 41.8 Å². The molecule has 1 saturated carbocycles. The van der Waals surface area contributed by atoms with Crippen molar-refractivity contribution >= 4 is 28.3 Å². The van der Waals surface area contributed by atoms with Crippen LogP contribution in [0.1, 0.15) is 65.7 Å². The number of carbonyl (C=O) groups excluding carboxylic acids is 2. The van der Waals surface area contributed by atoms with E-state index in [1.165, 1.54) is 16.3 Å². The third-order valence-electron chi connectivity index (χ3n) is 9.64. The molecule has 214 valence electrons. The molecule has 1 saturated heterocycles. The van der Waals surface area contributed by atoms with E-state index in [0.29, 0.717) is 12.1 Å². The van der Waals surface area contributed by atoms with Gasteiger partial charge < -0.3 is 20.3 Å². The van der Waals surface area contributed by atoms with E-state index >= 15 is 0 Å². The quantitative estimate of drug-likeness (QED) is 0.279. The van der Waals surface area contributed by atoms with E-state index in [9.17, 15) is 9.59 Å². The maximum atomic E-state index is 14.5. The number of hydrogen-bond donors (Lipinski definition) is 2. The third kappa shape index (κ3) is 4.69. The van der Waals surface area contributed by atoms with Gasteiger partial charge in [0.05, 0.1) is 25.1 Å². The van der Waals surface area contributed by atoms with Gasteiger partial charge in [0.25, 0.3) is 5.91 Å². The molecule has 0 spiro atoms. The molecule has 7 rings (SSSR count). The number of amides is 2. The van der Waals surface area contributed by atoms with Crippen molar-refractivity contribution in [1.29, 1.82) is 0 Å². The lowest BCUT2D eigenvalue weighted by atomic mass is 9.78. The van der Waals surface area contributed by atoms with Gasteiger partial charge in [0.1, 0.15) is 5.75 Å². The van der Waals surface area contributed by atoms with Gasteiger partial charge in [-0.2, -0.15) is 0 Å². The zero-order valence-corrected chi connectivity index (χ0v) is 24.0. The van der Waals surface area contributed by atoms with Crippen molar-refractivity contribution in [2.45, 2.75) is 50.2 Å². The van der Waals surface area contributed by atoms with Gasteiger partial charge in [-0.05, 0) is 59.4 Å². The van der Waals surface area contributed by atoms with Gasteiger partial charge in [0.15, 0.2) is 0 Å². The Morgan fingerprint density at radius 2 is 1.64 bits per heavy atom. The highest BCUT2D eigenvalue weighted by Gasteiger charge is 2.48. The maximum absolute atomic E-state index is 14.5. The van der Waals surface area contributed by atoms with Crippen LogP contribution in [-0.2, 0) is 4.79 Å². The van der Waals surface area contributed by atoms with Crippen molar-refractivity contribution in [3.05, 3.63) is 108 Å². The molecule has 4 aromatic rings. The van der Waals surface area contributed by atoms with E-state index in [1.807, 2.05) is 36.4 Å². The summed E-state index contributed by atoms with van der Waals surface area (Å²) < 4.78 is 5.60. The molecule has 4 aromatic carbocycles. The van der Waals surface area contributed by atoms with Crippen LogP contribution >= 0.6 is 0 Å². The van der Waals surface area contributed by atoms with Crippen LogP contribution in [0.25, 0.3) is 10.8 Å². The van der Waals surface area contributed by atoms with Crippen LogP contribution in [0.3, 0.4) is 0 Å². The van der Waals surface area contributed by atoms with E-state index in [4.69, 9.17) is 4.74 Å². The smallest absolute Gasteiger partial charge is 0.251 e. The number of benzene rings is 4. The number of nitrogens with zero attached hydrogens (tertiary/aromatic N) is 1. The second-order valence-electron chi connectivity index (χ2n) is 11.9. The first-order valence-corrected chi connectivity index (χ1v) is 15.2. The Hall–Kier alpha value is -4.32. The van der Waals surface area contributed by atoms with Gasteiger partial charge in [-0.15, -0.1) is 0 Å². The predicted molar refractivity (Wildman–Crippen MR) is 166 cm³/mol. The summed E-state index contributed by atoms with van der Waals surface area (Å²) in [6.07, 6.45) is 4.56. The Labute approximate surface area is 247 Å². The minimum atomic E-state index is -0.224. The van der Waals surface area contributed by atoms with Gasteiger partial charge in [-0.3, -0.25) is 9.59 Å². The summed E-state index contributed by atoms with van der Waals surface area (Å²) in [4.78, 5) is 29.7. The van der Waals surface area contributed by atoms with E-state index in [0.717, 1.165) is 49.1 Å². The van der Waals surface area contributed by atoms with Crippen LogP contribution in [0.2, 0.25) is 0 Å². The zero-order chi connectivity index (χ0) is 28.6. The molecule has 2 N–H and O–H groups in total. The van der Waals surface area contributed by atoms with Crippen LogP contribution in [0, 0.1) is 11.8 Å². The first kappa shape index (κ1) is 26.6. The highest BCUT2D eigenvalue weighted by molar-refractivity contribution is 5.95. The normalized spacial score (nSPS) is 24.8. The second-order valence-corrected chi connectivity index (χ2v) is 11.9. The number of nitrogens with one attached hydrogen (secondary N) is 2. The Bertz CT molecular complexity index is 1610. The Balaban J connectivity index is 1.23. The molecule has 0 radical (unpaired) electrons. The summed E-state index contributed by atoms with van der Waals surface area (Å²) in [5.74, 6) is 0.860. The lowest BCUT2D eigenvalue weighted by molar-refractivity contribution is -0.138. The minimum Gasteiger partial charge on any atom is -0.497 e. The van der Waals surface area contributed by atoms with Gasteiger partial charge in [0, 0.05) is 35.8 Å². The summed E-state index contributed by atoms with van der Waals surface area (Å²) >= 11 is 0. The van der Waals surface area contributed by atoms with Crippen molar-refractivity contribution < 1.29 is 14.3 Å². The fourth-order valence-electron chi connectivity index (χ4n) is 7.61. The largest absolute Gasteiger partial charge is 0.497 e. The van der Waals surface area contributed by atoms with Crippen molar-refractivity contribution in [1.82, 2.24) is 10.2 Å². The molecule has 6 heteroatoms. The van der Waals surface area contributed by atoms with Gasteiger partial charge in [-0.1, -0.05) is 79.6 Å². The van der Waals surface area contributed by atoms with Crippen molar-refractivity contribution in [3.8, 4) is 5.75 Å². The standard InChI is InChI=1S/C36H37N3O3/c1-42-25-18-19-28-32(22-25)37-33(27-16-9-13-23-10-5-6-14-26(23)27)30-20-21-39(34(28)30)36(41)29-15-7-8-17-31(29)38-35(40)24-11-3-2-4-12-24/h2-6,9-14,16,18-19,22,29-31,33-34,37H,7-8,15,17,20-21H2,1H3,(H,38,40)/t29-,30-,31+,33+,34+/m0/s1. The minimum absolute atomic E-state index is 0.0453. The molecule has 2 aliphatic heterocycles. The topological polar surface area (TPSA) is 70.7 Å². The number of rotatable bonds is 5. The lowest BCUT2D eigenvalue weighted by Gasteiger charge is -2.42. The fraction of sp³-hybridized carbons (Fsp3) is 0.333. The van der Waals surface area contributed by atoms with Crippen LogP contribution < -0.4 is 15.4 Å². The number of methoxy groups -OCH3 is 1. The number of anilines is 1. The van der Waals surface area contributed by atoms with Gasteiger partial charge in [0.2, 0.25) is 5.91 Å². The SMILES string of the molecule is COc1ccc2c(c1)N[C@H](c1cccc3ccccc13)[C@@H]1CCN(C(=O)[C@H]3CCCC[C@H]3NC(=O)c3ccccc3)[C@H]21. The number of fused-ring (bicyclic) bond motifs is 4. The predicted octanol–water partition coefficient (Wildman–Crippen LogP) is 6.89. The highest BCUT2D eigenvalue weighted by Crippen LogP contribution is 2.53. The van der Waals surface area contributed by atoms with Crippen molar-refractivity contribution in [2.75, 3.05) is 19.0 Å². The summed E-state index contributed by atoms with van der Waals surface area (Å²) in [6.45, 7) is 0.707. The van der Waals surface area contributed by atoms with Crippen LogP contribution in [-0.4, -0.2) is 36.4 Å². The lowest BCUT2D eigenvalue weighted by Crippen LogP contribution is -2.50. The number of carbonyl (C=O) groups is 2. The average molecular weight is 560 g/mol. The second kappa shape index (κ2) is 11.2. The molecule has 6 nitrogen and oxygen atoms in total. The van der Waals surface area contributed by atoms with E-state index in [2.05, 4.69) is 70.1 Å². The molecule has 2 heterocycles. The molecule has 0 bridgehead atoms. The first-order valence-electron chi connectivity index (χ1n) is 15.2. The zero-order valence-electron chi connectivity index (χ0n) is 24.0. The molecule has 2 fully saturated rings. The Morgan fingerprint density at radius 3 is 2.50 bits per heavy atom. The molecule has 42 heavy (non-hydrogen) atoms. The van der Waals surface area contributed by atoms with Crippen LogP contribution in [0.5, 0.6) is 5.75 Å². The van der Waals surface area contributed by atoms with Crippen molar-refractivity contribution in [2.24, 2.45) is 11.8 Å². The highest BCUT2D eigenvalue weighted by atomic mass is 16.5. The van der Waals surface area contributed by atoms with Crippen molar-refractivity contribution in [3.63, 3.8) is 0 Å². The number of ether oxygens (including phenoxy) is 1. The summed E-state index contributed by atoms with van der Waals surface area (Å²) in [6, 6.07) is 30.4.